The van der Waals surface area contributed by atoms with Crippen LogP contribution in [0.5, 0.6) is 0 Å². The molecule has 0 fully saturated rings. The molecule has 0 unspecified atom stereocenters. The lowest BCUT2D eigenvalue weighted by atomic mass is 10.1. The van der Waals surface area contributed by atoms with Crippen LogP contribution in [-0.2, 0) is 30.6 Å². The van der Waals surface area contributed by atoms with E-state index >= 15 is 0 Å². The predicted octanol–water partition coefficient (Wildman–Crippen LogP) is 4.86. The molecule has 0 aliphatic carbocycles. The van der Waals surface area contributed by atoms with Crippen molar-refractivity contribution >= 4 is 29.9 Å². The fourth-order valence-corrected chi connectivity index (χ4v) is 2.63. The first kappa shape index (κ1) is 25.2. The Morgan fingerprint density at radius 2 is 1.62 bits per heavy atom. The Kier molecular flexibility index (Phi) is 10.4. The fraction of sp³-hybridized carbons (Fsp3) is 0.350. The molecule has 0 aliphatic heterocycles. The first-order valence-corrected chi connectivity index (χ1v) is 8.79. The van der Waals surface area contributed by atoms with E-state index in [1.807, 2.05) is 31.2 Å². The maximum atomic E-state index is 13.2. The number of rotatable bonds is 7. The summed E-state index contributed by atoms with van der Waals surface area (Å²) in [6.45, 7) is 3.28. The topological polar surface area (TPSA) is 45.6 Å². The van der Waals surface area contributed by atoms with Crippen molar-refractivity contribution in [3.63, 3.8) is 0 Å². The summed E-state index contributed by atoms with van der Waals surface area (Å²) in [5, 5.41) is 5.91. The fourth-order valence-electron chi connectivity index (χ4n) is 2.63. The quantitative estimate of drug-likeness (QED) is 0.235. The van der Waals surface area contributed by atoms with Crippen LogP contribution in [0.25, 0.3) is 0 Å². The minimum atomic E-state index is -4.63. The standard InChI is InChI=1S/C20H23F4N3O.HI/c1-3-28-13-16-7-5-4-6-14(16)11-26-19(25-2)27-12-15-8-9-17(21)10-18(15)20(22,23)24;/h4-10H,3,11-13H2,1-2H3,(H2,25,26,27);1H. The SMILES string of the molecule is CCOCc1ccccc1CNC(=NC)NCc1ccc(F)cc1C(F)(F)F.I. The van der Waals surface area contributed by atoms with Gasteiger partial charge < -0.3 is 15.4 Å². The third kappa shape index (κ3) is 7.81. The largest absolute Gasteiger partial charge is 0.416 e. The van der Waals surface area contributed by atoms with Gasteiger partial charge in [0.05, 0.1) is 12.2 Å². The minimum absolute atomic E-state index is 0. The summed E-state index contributed by atoms with van der Waals surface area (Å²) in [6, 6.07) is 10.3. The van der Waals surface area contributed by atoms with Crippen LogP contribution < -0.4 is 10.6 Å². The average molecular weight is 525 g/mol. The van der Waals surface area contributed by atoms with Crippen molar-refractivity contribution in [3.8, 4) is 0 Å². The summed E-state index contributed by atoms with van der Waals surface area (Å²) in [5.41, 5.74) is 0.952. The Balaban J connectivity index is 0.00000420. The predicted molar refractivity (Wildman–Crippen MR) is 116 cm³/mol. The van der Waals surface area contributed by atoms with Crippen molar-refractivity contribution in [2.75, 3.05) is 13.7 Å². The van der Waals surface area contributed by atoms with Crippen LogP contribution in [-0.4, -0.2) is 19.6 Å². The second-order valence-corrected chi connectivity index (χ2v) is 5.98. The molecule has 0 saturated carbocycles. The third-order valence-electron chi connectivity index (χ3n) is 4.07. The molecule has 4 nitrogen and oxygen atoms in total. The highest BCUT2D eigenvalue weighted by Gasteiger charge is 2.33. The van der Waals surface area contributed by atoms with E-state index in [1.165, 1.54) is 7.05 Å². The van der Waals surface area contributed by atoms with Gasteiger partial charge in [0.2, 0.25) is 0 Å². The summed E-state index contributed by atoms with van der Waals surface area (Å²) >= 11 is 0. The van der Waals surface area contributed by atoms with E-state index < -0.39 is 17.6 Å². The summed E-state index contributed by atoms with van der Waals surface area (Å²) in [6.07, 6.45) is -4.63. The van der Waals surface area contributed by atoms with Gasteiger partial charge in [-0.25, -0.2) is 4.39 Å². The molecule has 0 aliphatic rings. The average Bonchev–Trinajstić information content (AvgIpc) is 2.67. The van der Waals surface area contributed by atoms with Gasteiger partial charge in [-0.1, -0.05) is 30.3 Å². The number of benzene rings is 2. The van der Waals surface area contributed by atoms with Gasteiger partial charge in [-0.3, -0.25) is 4.99 Å². The van der Waals surface area contributed by atoms with Crippen molar-refractivity contribution in [3.05, 3.63) is 70.5 Å². The number of guanidine groups is 1. The number of hydrogen-bond donors (Lipinski definition) is 2. The molecule has 0 bridgehead atoms. The Morgan fingerprint density at radius 1 is 1.00 bits per heavy atom. The molecule has 0 heterocycles. The van der Waals surface area contributed by atoms with Crippen LogP contribution in [0.1, 0.15) is 29.2 Å². The summed E-state index contributed by atoms with van der Waals surface area (Å²) in [4.78, 5) is 4.03. The zero-order chi connectivity index (χ0) is 20.6. The van der Waals surface area contributed by atoms with E-state index in [4.69, 9.17) is 4.74 Å². The molecule has 2 rings (SSSR count). The first-order chi connectivity index (χ1) is 13.3. The highest BCUT2D eigenvalue weighted by atomic mass is 127. The molecule has 0 amide bonds. The molecule has 2 N–H and O–H groups in total. The Morgan fingerprint density at radius 3 is 2.21 bits per heavy atom. The normalized spacial score (nSPS) is 11.7. The van der Waals surface area contributed by atoms with Crippen LogP contribution in [0.4, 0.5) is 17.6 Å². The van der Waals surface area contributed by atoms with Crippen LogP contribution in [0, 0.1) is 5.82 Å². The monoisotopic (exact) mass is 525 g/mol. The molecular formula is C20H24F4IN3O. The van der Waals surface area contributed by atoms with E-state index in [0.29, 0.717) is 31.8 Å². The van der Waals surface area contributed by atoms with E-state index in [9.17, 15) is 17.6 Å². The summed E-state index contributed by atoms with van der Waals surface area (Å²) < 4.78 is 57.9. The number of nitrogens with zero attached hydrogens (tertiary/aromatic N) is 1. The number of aliphatic imine (C=N–C) groups is 1. The van der Waals surface area contributed by atoms with Gasteiger partial charge in [-0.05, 0) is 35.7 Å². The third-order valence-corrected chi connectivity index (χ3v) is 4.07. The lowest BCUT2D eigenvalue weighted by Gasteiger charge is -2.17. The van der Waals surface area contributed by atoms with Gasteiger partial charge in [0.15, 0.2) is 5.96 Å². The van der Waals surface area contributed by atoms with Gasteiger partial charge in [0, 0.05) is 26.7 Å². The van der Waals surface area contributed by atoms with Crippen LogP contribution >= 0.6 is 24.0 Å². The Hall–Kier alpha value is -1.88. The molecule has 0 spiro atoms. The van der Waals surface area contributed by atoms with Gasteiger partial charge in [-0.2, -0.15) is 13.2 Å². The van der Waals surface area contributed by atoms with Crippen molar-refractivity contribution in [1.29, 1.82) is 0 Å². The van der Waals surface area contributed by atoms with Crippen molar-refractivity contribution in [2.45, 2.75) is 32.8 Å². The summed E-state index contributed by atoms with van der Waals surface area (Å²) in [5.74, 6) is -0.590. The van der Waals surface area contributed by atoms with Gasteiger partial charge in [0.25, 0.3) is 0 Å². The van der Waals surface area contributed by atoms with E-state index in [2.05, 4.69) is 15.6 Å². The maximum absolute atomic E-state index is 13.2. The minimum Gasteiger partial charge on any atom is -0.377 e. The van der Waals surface area contributed by atoms with Crippen LogP contribution in [0.15, 0.2) is 47.5 Å². The molecule has 29 heavy (non-hydrogen) atoms. The number of halogens is 5. The molecule has 2 aromatic rings. The van der Waals surface area contributed by atoms with Crippen molar-refractivity contribution in [2.24, 2.45) is 4.99 Å². The highest BCUT2D eigenvalue weighted by Crippen LogP contribution is 2.32. The number of alkyl halides is 3. The van der Waals surface area contributed by atoms with Gasteiger partial charge in [0.1, 0.15) is 5.82 Å². The molecular weight excluding hydrogens is 501 g/mol. The van der Waals surface area contributed by atoms with E-state index in [1.54, 1.807) is 0 Å². The highest BCUT2D eigenvalue weighted by molar-refractivity contribution is 14.0. The second kappa shape index (κ2) is 12.0. The van der Waals surface area contributed by atoms with Gasteiger partial charge in [-0.15, -0.1) is 24.0 Å². The van der Waals surface area contributed by atoms with E-state index in [-0.39, 0.29) is 36.1 Å². The molecule has 9 heteroatoms. The molecule has 0 saturated heterocycles. The van der Waals surface area contributed by atoms with Crippen LogP contribution in [0.2, 0.25) is 0 Å². The second-order valence-electron chi connectivity index (χ2n) is 5.98. The Bertz CT molecular complexity index is 813. The molecule has 160 valence electrons. The molecule has 2 aromatic carbocycles. The van der Waals surface area contributed by atoms with Crippen molar-refractivity contribution < 1.29 is 22.3 Å². The van der Waals surface area contributed by atoms with E-state index in [0.717, 1.165) is 23.3 Å². The zero-order valence-corrected chi connectivity index (χ0v) is 18.5. The molecule has 0 radical (unpaired) electrons. The first-order valence-electron chi connectivity index (χ1n) is 8.79. The maximum Gasteiger partial charge on any atom is 0.416 e. The smallest absolute Gasteiger partial charge is 0.377 e. The lowest BCUT2D eigenvalue weighted by Crippen LogP contribution is -2.37. The Labute approximate surface area is 184 Å². The zero-order valence-electron chi connectivity index (χ0n) is 16.1. The van der Waals surface area contributed by atoms with Gasteiger partial charge >= 0.3 is 6.18 Å². The molecule has 0 atom stereocenters. The van der Waals surface area contributed by atoms with Crippen LogP contribution in [0.3, 0.4) is 0 Å². The molecule has 0 aromatic heterocycles. The van der Waals surface area contributed by atoms with Crippen molar-refractivity contribution in [1.82, 2.24) is 10.6 Å². The number of nitrogens with one attached hydrogen (secondary N) is 2. The lowest BCUT2D eigenvalue weighted by molar-refractivity contribution is -0.138. The summed E-state index contributed by atoms with van der Waals surface area (Å²) in [7, 11) is 1.52. The number of hydrogen-bond acceptors (Lipinski definition) is 2. The number of ether oxygens (including phenoxy) is 1.